The molecule has 0 radical (unpaired) electrons. The van der Waals surface area contributed by atoms with Crippen molar-refractivity contribution >= 4 is 11.8 Å². The monoisotopic (exact) mass is 356 g/mol. The van der Waals surface area contributed by atoms with Crippen LogP contribution in [0.2, 0.25) is 0 Å². The number of carbonyl (C=O) groups excluding carboxylic acids is 2. The minimum Gasteiger partial charge on any atom is -0.486 e. The number of benzene rings is 1. The molecule has 1 aromatic rings. The van der Waals surface area contributed by atoms with E-state index in [4.69, 9.17) is 14.2 Å². The zero-order chi connectivity index (χ0) is 17.7. The van der Waals surface area contributed by atoms with Crippen LogP contribution in [0.4, 0.5) is 0 Å². The molecule has 138 valence electrons. The molecule has 0 saturated heterocycles. The number of carbonyl (C=O) groups is 2. The Kier molecular flexibility index (Phi) is 3.73. The van der Waals surface area contributed by atoms with Gasteiger partial charge in [0.2, 0.25) is 0 Å². The van der Waals surface area contributed by atoms with Gasteiger partial charge >= 0.3 is 5.97 Å². The van der Waals surface area contributed by atoms with Crippen molar-refractivity contribution in [1.29, 1.82) is 0 Å². The normalized spacial score (nSPS) is 33.8. The second-order valence-corrected chi connectivity index (χ2v) is 8.56. The van der Waals surface area contributed by atoms with Crippen LogP contribution in [-0.2, 0) is 9.53 Å². The molecule has 5 nitrogen and oxygen atoms in total. The van der Waals surface area contributed by atoms with Crippen molar-refractivity contribution in [3.8, 4) is 11.5 Å². The number of hydrogen-bond acceptors (Lipinski definition) is 5. The molecule has 4 bridgehead atoms. The van der Waals surface area contributed by atoms with E-state index in [-0.39, 0.29) is 23.8 Å². The van der Waals surface area contributed by atoms with Gasteiger partial charge in [0.25, 0.3) is 0 Å². The first-order chi connectivity index (χ1) is 12.6. The third-order valence-corrected chi connectivity index (χ3v) is 6.67. The number of esters is 1. The Hall–Kier alpha value is -2.04. The van der Waals surface area contributed by atoms with Crippen LogP contribution in [0.15, 0.2) is 18.2 Å². The van der Waals surface area contributed by atoms with E-state index in [1.165, 1.54) is 19.3 Å². The van der Waals surface area contributed by atoms with Gasteiger partial charge in [-0.1, -0.05) is 0 Å². The molecule has 1 aliphatic heterocycles. The molecule has 1 heterocycles. The van der Waals surface area contributed by atoms with E-state index in [0.29, 0.717) is 48.0 Å². The molecule has 0 amide bonds. The molecule has 6 rings (SSSR count). The molecule has 0 unspecified atom stereocenters. The molecular weight excluding hydrogens is 332 g/mol. The quantitative estimate of drug-likeness (QED) is 0.611. The Balaban J connectivity index is 1.25. The number of hydrogen-bond donors (Lipinski definition) is 0. The molecule has 5 heteroatoms. The highest BCUT2D eigenvalue weighted by Crippen LogP contribution is 2.60. The SMILES string of the molecule is O=C(COC(=O)C12CC3CC(CC(C3)C1)C2)c1ccc2c(c1)OCCO2. The van der Waals surface area contributed by atoms with E-state index in [9.17, 15) is 9.59 Å². The lowest BCUT2D eigenvalue weighted by Crippen LogP contribution is -2.50. The first kappa shape index (κ1) is 16.2. The van der Waals surface area contributed by atoms with E-state index in [1.54, 1.807) is 18.2 Å². The predicted octanol–water partition coefficient (Wildman–Crippen LogP) is 3.40. The fourth-order valence-electron chi connectivity index (χ4n) is 5.94. The van der Waals surface area contributed by atoms with Gasteiger partial charge in [-0.3, -0.25) is 9.59 Å². The summed E-state index contributed by atoms with van der Waals surface area (Å²) in [4.78, 5) is 25.3. The van der Waals surface area contributed by atoms with Crippen LogP contribution >= 0.6 is 0 Å². The number of rotatable bonds is 4. The molecule has 0 N–H and O–H groups in total. The average Bonchev–Trinajstić information content (AvgIpc) is 2.64. The van der Waals surface area contributed by atoms with E-state index >= 15 is 0 Å². The number of Topliss-reactive ketones (excluding diaryl/α,β-unsaturated/α-hetero) is 1. The molecule has 0 spiro atoms. The van der Waals surface area contributed by atoms with E-state index < -0.39 is 0 Å². The summed E-state index contributed by atoms with van der Waals surface area (Å²) in [6, 6.07) is 5.12. The zero-order valence-corrected chi connectivity index (χ0v) is 14.9. The Morgan fingerprint density at radius 1 is 0.962 bits per heavy atom. The van der Waals surface area contributed by atoms with Gasteiger partial charge in [0, 0.05) is 5.56 Å². The first-order valence-corrected chi connectivity index (χ1v) is 9.71. The van der Waals surface area contributed by atoms with Crippen molar-refractivity contribution < 1.29 is 23.8 Å². The molecule has 4 saturated carbocycles. The molecular formula is C21H24O5. The van der Waals surface area contributed by atoms with Gasteiger partial charge < -0.3 is 14.2 Å². The van der Waals surface area contributed by atoms with Crippen LogP contribution in [0.5, 0.6) is 11.5 Å². The van der Waals surface area contributed by atoms with Gasteiger partial charge in [0.1, 0.15) is 13.2 Å². The number of ether oxygens (including phenoxy) is 3. The summed E-state index contributed by atoms with van der Waals surface area (Å²) in [5, 5.41) is 0. The second kappa shape index (κ2) is 6.00. The average molecular weight is 356 g/mol. The molecule has 4 aliphatic carbocycles. The van der Waals surface area contributed by atoms with Crippen molar-refractivity contribution in [2.75, 3.05) is 19.8 Å². The number of fused-ring (bicyclic) bond motifs is 1. The first-order valence-electron chi connectivity index (χ1n) is 9.71. The van der Waals surface area contributed by atoms with Crippen LogP contribution in [0.3, 0.4) is 0 Å². The van der Waals surface area contributed by atoms with E-state index in [0.717, 1.165) is 19.3 Å². The van der Waals surface area contributed by atoms with Crippen LogP contribution in [0.25, 0.3) is 0 Å². The van der Waals surface area contributed by atoms with Gasteiger partial charge in [-0.25, -0.2) is 0 Å². The fraction of sp³-hybridized carbons (Fsp3) is 0.619. The van der Waals surface area contributed by atoms with Gasteiger partial charge in [-0.2, -0.15) is 0 Å². The minimum atomic E-state index is -0.318. The molecule has 1 aromatic carbocycles. The second-order valence-electron chi connectivity index (χ2n) is 8.56. The van der Waals surface area contributed by atoms with Crippen molar-refractivity contribution in [3.63, 3.8) is 0 Å². The Morgan fingerprint density at radius 3 is 2.23 bits per heavy atom. The summed E-state index contributed by atoms with van der Waals surface area (Å²) >= 11 is 0. The third-order valence-electron chi connectivity index (χ3n) is 6.67. The molecule has 0 atom stereocenters. The maximum Gasteiger partial charge on any atom is 0.312 e. The zero-order valence-electron chi connectivity index (χ0n) is 14.9. The maximum atomic E-state index is 12.8. The molecule has 0 aromatic heterocycles. The largest absolute Gasteiger partial charge is 0.486 e. The highest BCUT2D eigenvalue weighted by Gasteiger charge is 2.55. The van der Waals surface area contributed by atoms with Gasteiger partial charge in [-0.05, 0) is 74.5 Å². The van der Waals surface area contributed by atoms with Gasteiger partial charge in [-0.15, -0.1) is 0 Å². The Morgan fingerprint density at radius 2 is 1.58 bits per heavy atom. The summed E-state index contributed by atoms with van der Waals surface area (Å²) in [5.74, 6) is 2.93. The minimum absolute atomic E-state index is 0.150. The van der Waals surface area contributed by atoms with Crippen LogP contribution in [-0.4, -0.2) is 31.6 Å². The summed E-state index contributed by atoms with van der Waals surface area (Å²) in [7, 11) is 0. The molecule has 5 aliphatic rings. The standard InChI is InChI=1S/C21H24O5/c22-17(16-1-2-18-19(8-16)25-4-3-24-18)12-26-20(23)21-9-13-5-14(10-21)7-15(6-13)11-21/h1-2,8,13-15H,3-7,9-12H2. The molecule has 4 fully saturated rings. The summed E-state index contributed by atoms with van der Waals surface area (Å²) < 4.78 is 16.5. The predicted molar refractivity (Wildman–Crippen MR) is 93.3 cm³/mol. The van der Waals surface area contributed by atoms with Gasteiger partial charge in [0.05, 0.1) is 5.41 Å². The van der Waals surface area contributed by atoms with Crippen molar-refractivity contribution in [2.45, 2.75) is 38.5 Å². The lowest BCUT2D eigenvalue weighted by Gasteiger charge is -2.55. The van der Waals surface area contributed by atoms with Crippen LogP contribution < -0.4 is 9.47 Å². The van der Waals surface area contributed by atoms with E-state index in [2.05, 4.69) is 0 Å². The van der Waals surface area contributed by atoms with Crippen molar-refractivity contribution in [2.24, 2.45) is 23.2 Å². The smallest absolute Gasteiger partial charge is 0.312 e. The van der Waals surface area contributed by atoms with E-state index in [1.807, 2.05) is 0 Å². The summed E-state index contributed by atoms with van der Waals surface area (Å²) in [6.45, 7) is 0.800. The topological polar surface area (TPSA) is 61.8 Å². The summed E-state index contributed by atoms with van der Waals surface area (Å²) in [5.41, 5.74) is 0.175. The fourth-order valence-corrected chi connectivity index (χ4v) is 5.94. The summed E-state index contributed by atoms with van der Waals surface area (Å²) in [6.07, 6.45) is 6.70. The van der Waals surface area contributed by atoms with Crippen molar-refractivity contribution in [1.82, 2.24) is 0 Å². The number of ketones is 1. The Labute approximate surface area is 153 Å². The maximum absolute atomic E-state index is 12.8. The van der Waals surface area contributed by atoms with Crippen LogP contribution in [0, 0.1) is 23.2 Å². The van der Waals surface area contributed by atoms with Crippen molar-refractivity contribution in [3.05, 3.63) is 23.8 Å². The molecule has 26 heavy (non-hydrogen) atoms. The lowest BCUT2D eigenvalue weighted by atomic mass is 9.49. The third kappa shape index (κ3) is 2.68. The van der Waals surface area contributed by atoms with Crippen LogP contribution in [0.1, 0.15) is 48.9 Å². The Bertz CT molecular complexity index is 717. The van der Waals surface area contributed by atoms with Gasteiger partial charge in [0.15, 0.2) is 23.9 Å². The highest BCUT2D eigenvalue weighted by atomic mass is 16.6. The highest BCUT2D eigenvalue weighted by molar-refractivity contribution is 5.98. The lowest BCUT2D eigenvalue weighted by molar-refractivity contribution is -0.170.